The SMILES string of the molecule is Nc1ccc(-c2c(N)nn3ccnc3c2N)cc1. The average molecular weight is 240 g/mol. The third-order valence-electron chi connectivity index (χ3n) is 2.80. The summed E-state index contributed by atoms with van der Waals surface area (Å²) in [4.78, 5) is 4.16. The molecular weight excluding hydrogens is 228 g/mol. The molecule has 0 saturated heterocycles. The van der Waals surface area contributed by atoms with E-state index in [1.54, 1.807) is 29.0 Å². The molecule has 0 spiro atoms. The Morgan fingerprint density at radius 2 is 1.72 bits per heavy atom. The predicted octanol–water partition coefficient (Wildman–Crippen LogP) is 1.14. The van der Waals surface area contributed by atoms with Gasteiger partial charge in [-0.15, -0.1) is 5.10 Å². The highest BCUT2D eigenvalue weighted by Gasteiger charge is 2.13. The zero-order valence-electron chi connectivity index (χ0n) is 9.54. The highest BCUT2D eigenvalue weighted by Crippen LogP contribution is 2.32. The lowest BCUT2D eigenvalue weighted by atomic mass is 10.1. The maximum absolute atomic E-state index is 6.10. The smallest absolute Gasteiger partial charge is 0.177 e. The van der Waals surface area contributed by atoms with E-state index >= 15 is 0 Å². The molecule has 2 aromatic heterocycles. The third kappa shape index (κ3) is 1.43. The summed E-state index contributed by atoms with van der Waals surface area (Å²) in [6, 6.07) is 7.31. The van der Waals surface area contributed by atoms with E-state index in [1.165, 1.54) is 0 Å². The molecule has 6 heteroatoms. The first-order valence-corrected chi connectivity index (χ1v) is 5.41. The zero-order valence-corrected chi connectivity index (χ0v) is 9.54. The molecule has 18 heavy (non-hydrogen) atoms. The van der Waals surface area contributed by atoms with E-state index in [9.17, 15) is 0 Å². The van der Waals surface area contributed by atoms with E-state index in [-0.39, 0.29) is 0 Å². The second-order valence-corrected chi connectivity index (χ2v) is 3.99. The summed E-state index contributed by atoms with van der Waals surface area (Å²) in [6.07, 6.45) is 3.33. The number of nitrogen functional groups attached to an aromatic ring is 3. The van der Waals surface area contributed by atoms with Crippen LogP contribution in [0.15, 0.2) is 36.7 Å². The molecule has 90 valence electrons. The van der Waals surface area contributed by atoms with Crippen LogP contribution in [0.25, 0.3) is 16.8 Å². The Bertz CT molecular complexity index is 713. The quantitative estimate of drug-likeness (QED) is 0.553. The molecule has 0 atom stereocenters. The minimum atomic E-state index is 0.364. The lowest BCUT2D eigenvalue weighted by molar-refractivity contribution is 0.949. The van der Waals surface area contributed by atoms with Crippen LogP contribution < -0.4 is 17.2 Å². The maximum Gasteiger partial charge on any atom is 0.177 e. The molecule has 0 aliphatic rings. The van der Waals surface area contributed by atoms with Crippen LogP contribution >= 0.6 is 0 Å². The molecule has 3 aromatic rings. The van der Waals surface area contributed by atoms with Crippen LogP contribution in [0.3, 0.4) is 0 Å². The zero-order chi connectivity index (χ0) is 12.7. The largest absolute Gasteiger partial charge is 0.399 e. The lowest BCUT2D eigenvalue weighted by Crippen LogP contribution is -2.05. The first-order chi connectivity index (χ1) is 8.66. The van der Waals surface area contributed by atoms with Gasteiger partial charge in [-0.1, -0.05) is 12.1 Å². The molecule has 2 heterocycles. The van der Waals surface area contributed by atoms with Crippen molar-refractivity contribution < 1.29 is 0 Å². The number of nitrogens with zero attached hydrogens (tertiary/aromatic N) is 3. The van der Waals surface area contributed by atoms with Crippen molar-refractivity contribution in [3.05, 3.63) is 36.7 Å². The number of nitrogens with two attached hydrogens (primary N) is 3. The molecule has 0 aliphatic carbocycles. The lowest BCUT2D eigenvalue weighted by Gasteiger charge is -2.10. The molecule has 0 radical (unpaired) electrons. The summed E-state index contributed by atoms with van der Waals surface area (Å²) in [5.74, 6) is 0.364. The highest BCUT2D eigenvalue weighted by atomic mass is 15.3. The Morgan fingerprint density at radius 1 is 1.00 bits per heavy atom. The molecule has 0 aliphatic heterocycles. The number of hydrogen-bond acceptors (Lipinski definition) is 5. The Balaban J connectivity index is 2.30. The van der Waals surface area contributed by atoms with E-state index in [2.05, 4.69) is 10.1 Å². The van der Waals surface area contributed by atoms with Gasteiger partial charge in [0.2, 0.25) is 0 Å². The standard InChI is InChI=1S/C12H12N6/c13-8-3-1-7(2-4-8)9-10(14)12-16-5-6-18(12)17-11(9)15/h1-6H,13-14H2,(H2,15,17). The second-order valence-electron chi connectivity index (χ2n) is 3.99. The van der Waals surface area contributed by atoms with E-state index < -0.39 is 0 Å². The summed E-state index contributed by atoms with van der Waals surface area (Å²) in [5, 5.41) is 4.22. The number of anilines is 3. The van der Waals surface area contributed by atoms with Crippen LogP contribution in [0.2, 0.25) is 0 Å². The first-order valence-electron chi connectivity index (χ1n) is 5.41. The molecule has 0 saturated carbocycles. The van der Waals surface area contributed by atoms with Gasteiger partial charge in [-0.2, -0.15) is 0 Å². The van der Waals surface area contributed by atoms with Crippen molar-refractivity contribution in [1.29, 1.82) is 0 Å². The summed E-state index contributed by atoms with van der Waals surface area (Å²) in [5.41, 5.74) is 21.1. The molecule has 3 rings (SSSR count). The van der Waals surface area contributed by atoms with Crippen molar-refractivity contribution in [3.8, 4) is 11.1 Å². The van der Waals surface area contributed by atoms with Gasteiger partial charge in [-0.3, -0.25) is 0 Å². The van der Waals surface area contributed by atoms with Gasteiger partial charge in [-0.05, 0) is 17.7 Å². The monoisotopic (exact) mass is 240 g/mol. The highest BCUT2D eigenvalue weighted by molar-refractivity contribution is 5.91. The second kappa shape index (κ2) is 3.63. The molecule has 0 amide bonds. The fraction of sp³-hybridized carbons (Fsp3) is 0. The minimum Gasteiger partial charge on any atom is -0.399 e. The van der Waals surface area contributed by atoms with Crippen LogP contribution in [0.4, 0.5) is 17.2 Å². The van der Waals surface area contributed by atoms with Crippen molar-refractivity contribution in [2.24, 2.45) is 0 Å². The molecular formula is C12H12N6. The van der Waals surface area contributed by atoms with Crippen molar-refractivity contribution in [1.82, 2.24) is 14.6 Å². The van der Waals surface area contributed by atoms with Gasteiger partial charge in [0.15, 0.2) is 11.5 Å². The summed E-state index contributed by atoms with van der Waals surface area (Å²) in [6.45, 7) is 0. The van der Waals surface area contributed by atoms with Gasteiger partial charge < -0.3 is 17.2 Å². The normalized spacial score (nSPS) is 10.9. The van der Waals surface area contributed by atoms with Crippen LogP contribution in [0.5, 0.6) is 0 Å². The van der Waals surface area contributed by atoms with Gasteiger partial charge in [-0.25, -0.2) is 9.50 Å². The maximum atomic E-state index is 6.10. The summed E-state index contributed by atoms with van der Waals surface area (Å²) < 4.78 is 1.56. The summed E-state index contributed by atoms with van der Waals surface area (Å²) >= 11 is 0. The van der Waals surface area contributed by atoms with E-state index in [0.29, 0.717) is 28.4 Å². The third-order valence-corrected chi connectivity index (χ3v) is 2.80. The van der Waals surface area contributed by atoms with Gasteiger partial charge in [0, 0.05) is 18.1 Å². The fourth-order valence-electron chi connectivity index (χ4n) is 1.94. The van der Waals surface area contributed by atoms with E-state index in [1.807, 2.05) is 12.1 Å². The van der Waals surface area contributed by atoms with Crippen molar-refractivity contribution in [2.45, 2.75) is 0 Å². The van der Waals surface area contributed by atoms with Crippen LogP contribution in [-0.2, 0) is 0 Å². The van der Waals surface area contributed by atoms with Crippen molar-refractivity contribution in [2.75, 3.05) is 17.2 Å². The molecule has 0 bridgehead atoms. The van der Waals surface area contributed by atoms with E-state index in [0.717, 1.165) is 5.56 Å². The Kier molecular flexibility index (Phi) is 2.09. The van der Waals surface area contributed by atoms with Crippen LogP contribution in [0.1, 0.15) is 0 Å². The van der Waals surface area contributed by atoms with Gasteiger partial charge in [0.25, 0.3) is 0 Å². The summed E-state index contributed by atoms with van der Waals surface area (Å²) in [7, 11) is 0. The van der Waals surface area contributed by atoms with Crippen LogP contribution in [-0.4, -0.2) is 14.6 Å². The minimum absolute atomic E-state index is 0.364. The van der Waals surface area contributed by atoms with Crippen molar-refractivity contribution >= 4 is 22.8 Å². The van der Waals surface area contributed by atoms with Gasteiger partial charge in [0.05, 0.1) is 11.3 Å². The average Bonchev–Trinajstić information content (AvgIpc) is 2.80. The van der Waals surface area contributed by atoms with Gasteiger partial charge in [0.1, 0.15) is 0 Å². The number of imidazole rings is 1. The number of hydrogen-bond donors (Lipinski definition) is 3. The van der Waals surface area contributed by atoms with Gasteiger partial charge >= 0.3 is 0 Å². The predicted molar refractivity (Wildman–Crippen MR) is 71.7 cm³/mol. The Labute approximate surface area is 103 Å². The number of fused-ring (bicyclic) bond motifs is 1. The molecule has 0 fully saturated rings. The topological polar surface area (TPSA) is 108 Å². The van der Waals surface area contributed by atoms with E-state index in [4.69, 9.17) is 17.2 Å². The Hall–Kier alpha value is -2.76. The Morgan fingerprint density at radius 3 is 2.44 bits per heavy atom. The number of aromatic nitrogens is 3. The molecule has 0 unspecified atom stereocenters. The molecule has 6 N–H and O–H groups in total. The molecule has 1 aromatic carbocycles. The number of rotatable bonds is 1. The van der Waals surface area contributed by atoms with Crippen molar-refractivity contribution in [3.63, 3.8) is 0 Å². The van der Waals surface area contributed by atoms with Crippen LogP contribution in [0, 0.1) is 0 Å². The first kappa shape index (κ1) is 10.4. The number of benzene rings is 1. The fourth-order valence-corrected chi connectivity index (χ4v) is 1.94. The molecule has 6 nitrogen and oxygen atoms in total.